The highest BCUT2D eigenvalue weighted by Crippen LogP contribution is 2.39. The van der Waals surface area contributed by atoms with Gasteiger partial charge in [0.05, 0.1) is 0 Å². The Morgan fingerprint density at radius 2 is 1.17 bits per heavy atom. The van der Waals surface area contributed by atoms with Gasteiger partial charge in [-0.15, -0.1) is 0 Å². The third-order valence-corrected chi connectivity index (χ3v) is 3.77. The van der Waals surface area contributed by atoms with E-state index in [1.54, 1.807) is 0 Å². The molecule has 0 unspecified atom stereocenters. The van der Waals surface area contributed by atoms with Crippen LogP contribution < -0.4 is 11.5 Å². The highest BCUT2D eigenvalue weighted by Gasteiger charge is 2.34. The molecule has 0 heterocycles. The Hall–Kier alpha value is -0.0800. The Morgan fingerprint density at radius 3 is 1.58 bits per heavy atom. The molecule has 0 bridgehead atoms. The van der Waals surface area contributed by atoms with E-state index in [0.717, 1.165) is 11.8 Å². The molecule has 2 fully saturated rings. The molecular formula is C10H20N2. The average Bonchev–Trinajstić information content (AvgIpc) is 2.07. The zero-order valence-electron chi connectivity index (χ0n) is 7.71. The van der Waals surface area contributed by atoms with E-state index >= 15 is 0 Å². The molecule has 2 saturated carbocycles. The van der Waals surface area contributed by atoms with Gasteiger partial charge < -0.3 is 11.5 Å². The van der Waals surface area contributed by atoms with E-state index in [1.165, 1.54) is 38.5 Å². The molecule has 2 rings (SSSR count). The SMILES string of the molecule is N[C@H]1C[C@@H]2CCCC[C@H]2C[C@@H]1N. The van der Waals surface area contributed by atoms with E-state index in [9.17, 15) is 0 Å². The van der Waals surface area contributed by atoms with Gasteiger partial charge in [-0.3, -0.25) is 0 Å². The molecule has 0 saturated heterocycles. The van der Waals surface area contributed by atoms with Crippen LogP contribution in [0.1, 0.15) is 38.5 Å². The number of rotatable bonds is 0. The monoisotopic (exact) mass is 168 g/mol. The van der Waals surface area contributed by atoms with E-state index in [-0.39, 0.29) is 12.1 Å². The minimum Gasteiger partial charge on any atom is -0.326 e. The van der Waals surface area contributed by atoms with Crippen LogP contribution in [0.5, 0.6) is 0 Å². The minimum absolute atomic E-state index is 0.282. The van der Waals surface area contributed by atoms with Crippen LogP contribution in [0.25, 0.3) is 0 Å². The molecule has 2 heteroatoms. The molecule has 0 spiro atoms. The maximum Gasteiger partial charge on any atom is 0.0195 e. The quantitative estimate of drug-likeness (QED) is 0.572. The minimum atomic E-state index is 0.282. The molecule has 4 N–H and O–H groups in total. The summed E-state index contributed by atoms with van der Waals surface area (Å²) in [7, 11) is 0. The largest absolute Gasteiger partial charge is 0.326 e. The highest BCUT2D eigenvalue weighted by molar-refractivity contribution is 4.91. The van der Waals surface area contributed by atoms with Gasteiger partial charge in [0.1, 0.15) is 0 Å². The predicted molar refractivity (Wildman–Crippen MR) is 50.6 cm³/mol. The van der Waals surface area contributed by atoms with Crippen molar-refractivity contribution in [3.63, 3.8) is 0 Å². The van der Waals surface area contributed by atoms with Crippen molar-refractivity contribution in [3.05, 3.63) is 0 Å². The first kappa shape index (κ1) is 8.52. The van der Waals surface area contributed by atoms with Crippen molar-refractivity contribution in [1.29, 1.82) is 0 Å². The second-order valence-electron chi connectivity index (χ2n) is 4.60. The van der Waals surface area contributed by atoms with Crippen LogP contribution in [0.2, 0.25) is 0 Å². The summed E-state index contributed by atoms with van der Waals surface area (Å²) in [6.45, 7) is 0. The van der Waals surface area contributed by atoms with Crippen molar-refractivity contribution in [2.45, 2.75) is 50.6 Å². The normalized spacial score (nSPS) is 48.5. The summed E-state index contributed by atoms with van der Waals surface area (Å²) in [4.78, 5) is 0. The smallest absolute Gasteiger partial charge is 0.0195 e. The van der Waals surface area contributed by atoms with Crippen molar-refractivity contribution < 1.29 is 0 Å². The van der Waals surface area contributed by atoms with E-state index in [2.05, 4.69) is 0 Å². The summed E-state index contributed by atoms with van der Waals surface area (Å²) < 4.78 is 0. The molecule has 0 aliphatic heterocycles. The van der Waals surface area contributed by atoms with Gasteiger partial charge >= 0.3 is 0 Å². The average molecular weight is 168 g/mol. The Kier molecular flexibility index (Phi) is 2.37. The fourth-order valence-electron chi connectivity index (χ4n) is 2.95. The fraction of sp³-hybridized carbons (Fsp3) is 1.00. The second kappa shape index (κ2) is 3.35. The van der Waals surface area contributed by atoms with Gasteiger partial charge in [-0.05, 0) is 24.7 Å². The lowest BCUT2D eigenvalue weighted by molar-refractivity contribution is 0.141. The molecular weight excluding hydrogens is 148 g/mol. The lowest BCUT2D eigenvalue weighted by Crippen LogP contribution is -2.49. The molecule has 4 atom stereocenters. The van der Waals surface area contributed by atoms with Crippen LogP contribution in [0.15, 0.2) is 0 Å². The summed E-state index contributed by atoms with van der Waals surface area (Å²) >= 11 is 0. The first-order valence-corrected chi connectivity index (χ1v) is 5.28. The molecule has 0 aromatic heterocycles. The molecule has 0 aromatic rings. The number of nitrogens with two attached hydrogens (primary N) is 2. The van der Waals surface area contributed by atoms with E-state index in [4.69, 9.17) is 11.5 Å². The maximum absolute atomic E-state index is 5.96. The van der Waals surface area contributed by atoms with Gasteiger partial charge in [0.2, 0.25) is 0 Å². The standard InChI is InChI=1S/C10H20N2/c11-9-5-7-3-1-2-4-8(7)6-10(9)12/h7-10H,1-6,11-12H2/t7-,8-,9-,10-/m0/s1. The molecule has 12 heavy (non-hydrogen) atoms. The molecule has 0 radical (unpaired) electrons. The fourth-order valence-corrected chi connectivity index (χ4v) is 2.95. The Bertz CT molecular complexity index is 140. The van der Waals surface area contributed by atoms with Gasteiger partial charge in [-0.2, -0.15) is 0 Å². The van der Waals surface area contributed by atoms with E-state index in [1.807, 2.05) is 0 Å². The highest BCUT2D eigenvalue weighted by atomic mass is 14.8. The van der Waals surface area contributed by atoms with Gasteiger partial charge in [0, 0.05) is 12.1 Å². The van der Waals surface area contributed by atoms with Crippen LogP contribution in [-0.4, -0.2) is 12.1 Å². The van der Waals surface area contributed by atoms with Gasteiger partial charge in [0.15, 0.2) is 0 Å². The molecule has 70 valence electrons. The summed E-state index contributed by atoms with van der Waals surface area (Å²) in [5.74, 6) is 1.82. The van der Waals surface area contributed by atoms with E-state index < -0.39 is 0 Å². The molecule has 2 nitrogen and oxygen atoms in total. The third kappa shape index (κ3) is 1.50. The lowest BCUT2D eigenvalue weighted by atomic mass is 9.68. The van der Waals surface area contributed by atoms with Crippen LogP contribution in [0.4, 0.5) is 0 Å². The second-order valence-corrected chi connectivity index (χ2v) is 4.60. The van der Waals surface area contributed by atoms with Crippen molar-refractivity contribution in [3.8, 4) is 0 Å². The maximum atomic E-state index is 5.96. The van der Waals surface area contributed by atoms with Gasteiger partial charge in [-0.1, -0.05) is 25.7 Å². The summed E-state index contributed by atoms with van der Waals surface area (Å²) in [5.41, 5.74) is 11.9. The predicted octanol–water partition coefficient (Wildman–Crippen LogP) is 1.24. The number of hydrogen-bond acceptors (Lipinski definition) is 2. The topological polar surface area (TPSA) is 52.0 Å². The van der Waals surface area contributed by atoms with Crippen LogP contribution in [-0.2, 0) is 0 Å². The summed E-state index contributed by atoms with van der Waals surface area (Å²) in [6, 6.07) is 0.564. The zero-order chi connectivity index (χ0) is 8.55. The Morgan fingerprint density at radius 1 is 0.750 bits per heavy atom. The van der Waals surface area contributed by atoms with Crippen molar-refractivity contribution >= 4 is 0 Å². The summed E-state index contributed by atoms with van der Waals surface area (Å²) in [6.07, 6.45) is 8.03. The molecule has 0 amide bonds. The molecule has 2 aliphatic carbocycles. The summed E-state index contributed by atoms with van der Waals surface area (Å²) in [5, 5.41) is 0. The van der Waals surface area contributed by atoms with Crippen LogP contribution in [0.3, 0.4) is 0 Å². The molecule has 2 aliphatic rings. The van der Waals surface area contributed by atoms with E-state index in [0.29, 0.717) is 0 Å². The first-order chi connectivity index (χ1) is 5.77. The van der Waals surface area contributed by atoms with Crippen molar-refractivity contribution in [1.82, 2.24) is 0 Å². The van der Waals surface area contributed by atoms with Gasteiger partial charge in [0.25, 0.3) is 0 Å². The van der Waals surface area contributed by atoms with Crippen molar-refractivity contribution in [2.75, 3.05) is 0 Å². The molecule has 0 aromatic carbocycles. The number of hydrogen-bond donors (Lipinski definition) is 2. The van der Waals surface area contributed by atoms with Crippen LogP contribution in [0, 0.1) is 11.8 Å². The van der Waals surface area contributed by atoms with Crippen molar-refractivity contribution in [2.24, 2.45) is 23.3 Å². The Balaban J connectivity index is 1.98. The van der Waals surface area contributed by atoms with Crippen LogP contribution >= 0.6 is 0 Å². The third-order valence-electron chi connectivity index (χ3n) is 3.77. The first-order valence-electron chi connectivity index (χ1n) is 5.28. The zero-order valence-corrected chi connectivity index (χ0v) is 7.71. The lowest BCUT2D eigenvalue weighted by Gasteiger charge is -2.41. The Labute approximate surface area is 74.7 Å². The number of fused-ring (bicyclic) bond motifs is 1. The van der Waals surface area contributed by atoms with Gasteiger partial charge in [-0.25, -0.2) is 0 Å².